The highest BCUT2D eigenvalue weighted by molar-refractivity contribution is 5.81. The van der Waals surface area contributed by atoms with E-state index in [-0.39, 0.29) is 5.91 Å². The van der Waals surface area contributed by atoms with E-state index in [0.29, 0.717) is 18.9 Å². The van der Waals surface area contributed by atoms with E-state index in [4.69, 9.17) is 4.98 Å². The zero-order valence-electron chi connectivity index (χ0n) is 17.0. The van der Waals surface area contributed by atoms with Gasteiger partial charge in [0.25, 0.3) is 0 Å². The summed E-state index contributed by atoms with van der Waals surface area (Å²) in [6.45, 7) is 11.3. The summed E-state index contributed by atoms with van der Waals surface area (Å²) >= 11 is 0. The fourth-order valence-electron chi connectivity index (χ4n) is 3.20. The molecule has 27 heavy (non-hydrogen) atoms. The van der Waals surface area contributed by atoms with E-state index in [9.17, 15) is 4.79 Å². The fraction of sp³-hybridized carbons (Fsp3) is 0.391. The van der Waals surface area contributed by atoms with Crippen molar-refractivity contribution in [3.63, 3.8) is 0 Å². The lowest BCUT2D eigenvalue weighted by Crippen LogP contribution is -2.27. The number of benzene rings is 1. The average Bonchev–Trinajstić information content (AvgIpc) is 2.94. The van der Waals surface area contributed by atoms with Gasteiger partial charge in [0, 0.05) is 18.3 Å². The molecule has 3 rings (SSSR count). The number of rotatable bonds is 6. The molecule has 142 valence electrons. The predicted octanol–water partition coefficient (Wildman–Crippen LogP) is 4.63. The Kier molecular flexibility index (Phi) is 5.64. The van der Waals surface area contributed by atoms with Crippen molar-refractivity contribution in [2.75, 3.05) is 6.54 Å². The number of aromatic nitrogens is 2. The number of aryl methyl sites for hydroxylation is 3. The van der Waals surface area contributed by atoms with Gasteiger partial charge in [0.1, 0.15) is 5.65 Å². The molecule has 0 spiro atoms. The minimum atomic E-state index is 0.0445. The average molecular weight is 364 g/mol. The summed E-state index contributed by atoms with van der Waals surface area (Å²) in [7, 11) is 0. The van der Waals surface area contributed by atoms with Gasteiger partial charge >= 0.3 is 0 Å². The van der Waals surface area contributed by atoms with Crippen LogP contribution in [0.1, 0.15) is 42.7 Å². The molecule has 4 heteroatoms. The molecule has 0 atom stereocenters. The molecular weight excluding hydrogens is 334 g/mol. The van der Waals surface area contributed by atoms with E-state index < -0.39 is 0 Å². The molecule has 0 radical (unpaired) electrons. The van der Waals surface area contributed by atoms with E-state index in [0.717, 1.165) is 34.6 Å². The second-order valence-corrected chi connectivity index (χ2v) is 7.85. The first-order chi connectivity index (χ1) is 12.8. The highest BCUT2D eigenvalue weighted by atomic mass is 16.1. The number of imidazole rings is 1. The van der Waals surface area contributed by atoms with Crippen molar-refractivity contribution in [2.24, 2.45) is 5.92 Å². The minimum Gasteiger partial charge on any atom is -0.356 e. The summed E-state index contributed by atoms with van der Waals surface area (Å²) in [5.41, 5.74) is 7.42. The number of fused-ring (bicyclic) bond motifs is 1. The van der Waals surface area contributed by atoms with Crippen LogP contribution in [0, 0.1) is 26.7 Å². The normalized spacial score (nSPS) is 11.3. The van der Waals surface area contributed by atoms with Gasteiger partial charge in [-0.2, -0.15) is 0 Å². The molecule has 0 fully saturated rings. The van der Waals surface area contributed by atoms with Gasteiger partial charge in [0.2, 0.25) is 5.91 Å². The summed E-state index contributed by atoms with van der Waals surface area (Å²) in [5, 5.41) is 3.05. The van der Waals surface area contributed by atoms with Gasteiger partial charge in [-0.1, -0.05) is 26.0 Å². The first-order valence-electron chi connectivity index (χ1n) is 9.67. The first kappa shape index (κ1) is 19.2. The molecule has 0 aliphatic heterocycles. The van der Waals surface area contributed by atoms with Crippen molar-refractivity contribution in [1.29, 1.82) is 0 Å². The summed E-state index contributed by atoms with van der Waals surface area (Å²) in [4.78, 5) is 17.4. The maximum atomic E-state index is 12.6. The maximum Gasteiger partial charge on any atom is 0.226 e. The van der Waals surface area contributed by atoms with Gasteiger partial charge in [-0.3, -0.25) is 4.79 Å². The Morgan fingerprint density at radius 1 is 1.11 bits per heavy atom. The van der Waals surface area contributed by atoms with Gasteiger partial charge in [-0.05, 0) is 68.0 Å². The number of nitrogens with one attached hydrogen (secondary N) is 1. The van der Waals surface area contributed by atoms with Crippen LogP contribution in [0.25, 0.3) is 16.9 Å². The molecule has 1 aromatic carbocycles. The van der Waals surface area contributed by atoms with Crippen LogP contribution in [0.3, 0.4) is 0 Å². The third-order valence-corrected chi connectivity index (χ3v) is 5.03. The van der Waals surface area contributed by atoms with Crippen LogP contribution in [-0.4, -0.2) is 21.8 Å². The van der Waals surface area contributed by atoms with Crippen molar-refractivity contribution in [2.45, 2.75) is 47.5 Å². The van der Waals surface area contributed by atoms with Crippen LogP contribution in [0.5, 0.6) is 0 Å². The van der Waals surface area contributed by atoms with E-state index in [2.05, 4.69) is 70.3 Å². The maximum absolute atomic E-state index is 12.6. The van der Waals surface area contributed by atoms with Gasteiger partial charge < -0.3 is 9.72 Å². The Morgan fingerprint density at radius 3 is 2.59 bits per heavy atom. The zero-order valence-corrected chi connectivity index (χ0v) is 17.0. The smallest absolute Gasteiger partial charge is 0.226 e. The van der Waals surface area contributed by atoms with Crippen molar-refractivity contribution < 1.29 is 4.79 Å². The van der Waals surface area contributed by atoms with Crippen molar-refractivity contribution in [3.05, 3.63) is 58.9 Å². The molecule has 0 unspecified atom stereocenters. The number of amides is 1. The van der Waals surface area contributed by atoms with E-state index in [1.165, 1.54) is 11.1 Å². The van der Waals surface area contributed by atoms with Crippen LogP contribution in [0.2, 0.25) is 0 Å². The Hall–Kier alpha value is -2.62. The number of carbonyl (C=O) groups excluding carboxylic acids is 1. The third kappa shape index (κ3) is 4.38. The van der Waals surface area contributed by atoms with Crippen molar-refractivity contribution in [1.82, 2.24) is 14.7 Å². The molecule has 1 amide bonds. The van der Waals surface area contributed by atoms with Gasteiger partial charge in [0.05, 0.1) is 17.8 Å². The molecule has 2 aromatic heterocycles. The largest absolute Gasteiger partial charge is 0.356 e. The van der Waals surface area contributed by atoms with Gasteiger partial charge in [0.15, 0.2) is 0 Å². The second-order valence-electron chi connectivity index (χ2n) is 7.85. The molecule has 0 saturated carbocycles. The fourth-order valence-corrected chi connectivity index (χ4v) is 3.20. The number of nitrogens with zero attached hydrogens (tertiary/aromatic N) is 2. The lowest BCUT2D eigenvalue weighted by atomic mass is 10.0. The number of carbonyl (C=O) groups is 1. The number of hydrogen-bond acceptors (Lipinski definition) is 2. The minimum absolute atomic E-state index is 0.0445. The van der Waals surface area contributed by atoms with Crippen molar-refractivity contribution >= 4 is 11.6 Å². The summed E-state index contributed by atoms with van der Waals surface area (Å²) < 4.78 is 2.04. The van der Waals surface area contributed by atoms with E-state index in [1.54, 1.807) is 0 Å². The van der Waals surface area contributed by atoms with E-state index in [1.807, 2.05) is 10.6 Å². The van der Waals surface area contributed by atoms with Crippen LogP contribution in [-0.2, 0) is 11.2 Å². The summed E-state index contributed by atoms with van der Waals surface area (Å²) in [5.74, 6) is 0.623. The highest BCUT2D eigenvalue weighted by Crippen LogP contribution is 2.27. The van der Waals surface area contributed by atoms with Crippen LogP contribution in [0.15, 0.2) is 36.5 Å². The van der Waals surface area contributed by atoms with Gasteiger partial charge in [-0.15, -0.1) is 0 Å². The molecule has 1 N–H and O–H groups in total. The highest BCUT2D eigenvalue weighted by Gasteiger charge is 2.17. The predicted molar refractivity (Wildman–Crippen MR) is 111 cm³/mol. The molecule has 0 aliphatic rings. The van der Waals surface area contributed by atoms with Crippen molar-refractivity contribution in [3.8, 4) is 11.3 Å². The molecule has 4 nitrogen and oxygen atoms in total. The number of hydrogen-bond donors (Lipinski definition) is 1. The quantitative estimate of drug-likeness (QED) is 0.694. The summed E-state index contributed by atoms with van der Waals surface area (Å²) in [6, 6.07) is 10.5. The Balaban J connectivity index is 1.98. The molecule has 2 heterocycles. The Bertz CT molecular complexity index is 969. The Labute approximate surface area is 161 Å². The zero-order chi connectivity index (χ0) is 19.6. The summed E-state index contributed by atoms with van der Waals surface area (Å²) in [6.07, 6.45) is 3.33. The number of pyridine rings is 1. The molecule has 3 aromatic rings. The topological polar surface area (TPSA) is 46.4 Å². The SMILES string of the molecule is Cc1ccn2c(CC(=O)NCCC(C)C)c(-c3ccc(C)c(C)c3)nc2c1. The van der Waals surface area contributed by atoms with Gasteiger partial charge in [-0.25, -0.2) is 4.98 Å². The molecule has 0 saturated heterocycles. The second kappa shape index (κ2) is 7.95. The lowest BCUT2D eigenvalue weighted by Gasteiger charge is -2.09. The van der Waals surface area contributed by atoms with Crippen LogP contribution < -0.4 is 5.32 Å². The monoisotopic (exact) mass is 363 g/mol. The Morgan fingerprint density at radius 2 is 1.89 bits per heavy atom. The van der Waals surface area contributed by atoms with Crippen LogP contribution >= 0.6 is 0 Å². The molecular formula is C23H29N3O. The standard InChI is InChI=1S/C23H29N3O/c1-15(2)8-10-24-22(27)14-20-23(19-7-6-17(4)18(5)13-19)25-21-12-16(3)9-11-26(20)21/h6-7,9,11-13,15H,8,10,14H2,1-5H3,(H,24,27). The molecule has 0 bridgehead atoms. The first-order valence-corrected chi connectivity index (χ1v) is 9.67. The van der Waals surface area contributed by atoms with E-state index >= 15 is 0 Å². The molecule has 0 aliphatic carbocycles. The lowest BCUT2D eigenvalue weighted by molar-refractivity contribution is -0.120. The van der Waals surface area contributed by atoms with Crippen LogP contribution in [0.4, 0.5) is 0 Å². The third-order valence-electron chi connectivity index (χ3n) is 5.03.